The standard InChI is InChI=1S/C27H36N2O3/c1-5-25(27(31)28-23-8-6-7-9-23)29(17-22-12-10-19(2)11-13-22)26(30)18-32-24-15-20(3)14-21(4)16-24/h10-16,23,25H,5-9,17-18H2,1-4H3,(H,28,31)/t25-/m1/s1. The average Bonchev–Trinajstić information content (AvgIpc) is 3.25. The average molecular weight is 437 g/mol. The molecule has 0 saturated heterocycles. The highest BCUT2D eigenvalue weighted by atomic mass is 16.5. The van der Waals surface area contributed by atoms with Crippen molar-refractivity contribution in [1.82, 2.24) is 10.2 Å². The highest BCUT2D eigenvalue weighted by Gasteiger charge is 2.30. The lowest BCUT2D eigenvalue weighted by Gasteiger charge is -2.31. The summed E-state index contributed by atoms with van der Waals surface area (Å²) in [6.07, 6.45) is 4.89. The zero-order valence-corrected chi connectivity index (χ0v) is 19.8. The highest BCUT2D eigenvalue weighted by Crippen LogP contribution is 2.20. The molecule has 1 fully saturated rings. The van der Waals surface area contributed by atoms with Crippen LogP contribution < -0.4 is 10.1 Å². The predicted octanol–water partition coefficient (Wildman–Crippen LogP) is 4.86. The van der Waals surface area contributed by atoms with Gasteiger partial charge < -0.3 is 15.0 Å². The van der Waals surface area contributed by atoms with Gasteiger partial charge in [0.15, 0.2) is 6.61 Å². The summed E-state index contributed by atoms with van der Waals surface area (Å²) in [4.78, 5) is 28.1. The van der Waals surface area contributed by atoms with Gasteiger partial charge in [0.05, 0.1) is 0 Å². The van der Waals surface area contributed by atoms with E-state index in [0.29, 0.717) is 18.7 Å². The lowest BCUT2D eigenvalue weighted by atomic mass is 10.1. The molecule has 5 heteroatoms. The van der Waals surface area contributed by atoms with E-state index >= 15 is 0 Å². The van der Waals surface area contributed by atoms with Gasteiger partial charge in [0, 0.05) is 12.6 Å². The van der Waals surface area contributed by atoms with Crippen LogP contribution in [0.2, 0.25) is 0 Å². The summed E-state index contributed by atoms with van der Waals surface area (Å²) in [6, 6.07) is 13.7. The van der Waals surface area contributed by atoms with Crippen molar-refractivity contribution >= 4 is 11.8 Å². The van der Waals surface area contributed by atoms with Gasteiger partial charge in [-0.15, -0.1) is 0 Å². The molecule has 0 radical (unpaired) electrons. The number of carbonyl (C=O) groups is 2. The van der Waals surface area contributed by atoms with E-state index in [-0.39, 0.29) is 24.5 Å². The molecule has 172 valence electrons. The van der Waals surface area contributed by atoms with Gasteiger partial charge in [0.2, 0.25) is 5.91 Å². The molecule has 0 bridgehead atoms. The molecule has 32 heavy (non-hydrogen) atoms. The number of nitrogens with one attached hydrogen (secondary N) is 1. The Morgan fingerprint density at radius 1 is 1.00 bits per heavy atom. The molecule has 0 spiro atoms. The molecule has 1 aliphatic carbocycles. The molecule has 2 aromatic carbocycles. The van der Waals surface area contributed by atoms with E-state index in [1.54, 1.807) is 4.90 Å². The third kappa shape index (κ3) is 6.59. The van der Waals surface area contributed by atoms with Crippen molar-refractivity contribution in [3.05, 3.63) is 64.7 Å². The molecule has 0 aromatic heterocycles. The maximum absolute atomic E-state index is 13.3. The van der Waals surface area contributed by atoms with Crippen LogP contribution in [0.1, 0.15) is 61.3 Å². The summed E-state index contributed by atoms with van der Waals surface area (Å²) in [5.74, 6) is 0.430. The Kier molecular flexibility index (Phi) is 8.32. The first-order chi connectivity index (χ1) is 15.4. The summed E-state index contributed by atoms with van der Waals surface area (Å²) in [7, 11) is 0. The van der Waals surface area contributed by atoms with Gasteiger partial charge in [-0.3, -0.25) is 9.59 Å². The van der Waals surface area contributed by atoms with Gasteiger partial charge >= 0.3 is 0 Å². The number of nitrogens with zero attached hydrogens (tertiary/aromatic N) is 1. The van der Waals surface area contributed by atoms with Crippen molar-refractivity contribution in [3.63, 3.8) is 0 Å². The van der Waals surface area contributed by atoms with E-state index in [4.69, 9.17) is 4.74 Å². The van der Waals surface area contributed by atoms with E-state index in [0.717, 1.165) is 47.9 Å². The van der Waals surface area contributed by atoms with E-state index < -0.39 is 6.04 Å². The largest absolute Gasteiger partial charge is 0.484 e. The van der Waals surface area contributed by atoms with Crippen LogP contribution >= 0.6 is 0 Å². The van der Waals surface area contributed by atoms with Gasteiger partial charge in [-0.25, -0.2) is 0 Å². The van der Waals surface area contributed by atoms with E-state index in [2.05, 4.69) is 11.4 Å². The van der Waals surface area contributed by atoms with Crippen molar-refractivity contribution < 1.29 is 14.3 Å². The number of ether oxygens (including phenoxy) is 1. The van der Waals surface area contributed by atoms with Crippen LogP contribution in [0.4, 0.5) is 0 Å². The molecule has 1 saturated carbocycles. The molecule has 0 aliphatic heterocycles. The summed E-state index contributed by atoms with van der Waals surface area (Å²) >= 11 is 0. The van der Waals surface area contributed by atoms with Crippen molar-refractivity contribution in [2.45, 2.75) is 78.4 Å². The second-order valence-corrected chi connectivity index (χ2v) is 9.03. The topological polar surface area (TPSA) is 58.6 Å². The van der Waals surface area contributed by atoms with Crippen LogP contribution in [-0.2, 0) is 16.1 Å². The molecule has 1 N–H and O–H groups in total. The maximum atomic E-state index is 13.3. The fraction of sp³-hybridized carbons (Fsp3) is 0.481. The van der Waals surface area contributed by atoms with E-state index in [1.807, 2.05) is 64.1 Å². The van der Waals surface area contributed by atoms with Crippen molar-refractivity contribution in [1.29, 1.82) is 0 Å². The van der Waals surface area contributed by atoms with Crippen molar-refractivity contribution in [2.24, 2.45) is 0 Å². The summed E-state index contributed by atoms with van der Waals surface area (Å²) < 4.78 is 5.85. The Hall–Kier alpha value is -2.82. The Bertz CT molecular complexity index is 897. The normalized spacial score (nSPS) is 14.8. The molecular formula is C27H36N2O3. The Balaban J connectivity index is 1.76. The number of amides is 2. The first-order valence-electron chi connectivity index (χ1n) is 11.7. The summed E-state index contributed by atoms with van der Waals surface area (Å²) in [5, 5.41) is 3.18. The van der Waals surface area contributed by atoms with Crippen LogP contribution in [0.3, 0.4) is 0 Å². The molecular weight excluding hydrogens is 400 g/mol. The summed E-state index contributed by atoms with van der Waals surface area (Å²) in [6.45, 7) is 8.29. The molecule has 2 aromatic rings. The Morgan fingerprint density at radius 2 is 1.62 bits per heavy atom. The lowest BCUT2D eigenvalue weighted by Crippen LogP contribution is -2.52. The van der Waals surface area contributed by atoms with E-state index in [1.165, 1.54) is 0 Å². The fourth-order valence-electron chi connectivity index (χ4n) is 4.42. The molecule has 2 amide bonds. The van der Waals surface area contributed by atoms with Gasteiger partial charge in [-0.1, -0.05) is 55.7 Å². The molecule has 0 unspecified atom stereocenters. The second-order valence-electron chi connectivity index (χ2n) is 9.03. The quantitative estimate of drug-likeness (QED) is 0.611. The van der Waals surface area contributed by atoms with Crippen LogP contribution in [0.25, 0.3) is 0 Å². The molecule has 3 rings (SSSR count). The number of hydrogen-bond donors (Lipinski definition) is 1. The van der Waals surface area contributed by atoms with Crippen LogP contribution in [-0.4, -0.2) is 35.4 Å². The SMILES string of the molecule is CC[C@H](C(=O)NC1CCCC1)N(Cc1ccc(C)cc1)C(=O)COc1cc(C)cc(C)c1. The smallest absolute Gasteiger partial charge is 0.261 e. The molecule has 1 aliphatic rings. The first kappa shape index (κ1) is 23.8. The zero-order chi connectivity index (χ0) is 23.1. The van der Waals surface area contributed by atoms with Gasteiger partial charge in [-0.05, 0) is 68.9 Å². The first-order valence-corrected chi connectivity index (χ1v) is 11.7. The maximum Gasteiger partial charge on any atom is 0.261 e. The highest BCUT2D eigenvalue weighted by molar-refractivity contribution is 5.88. The van der Waals surface area contributed by atoms with Gasteiger partial charge in [-0.2, -0.15) is 0 Å². The van der Waals surface area contributed by atoms with Gasteiger partial charge in [0.1, 0.15) is 11.8 Å². The minimum atomic E-state index is -0.521. The monoisotopic (exact) mass is 436 g/mol. The summed E-state index contributed by atoms with van der Waals surface area (Å²) in [5.41, 5.74) is 4.34. The lowest BCUT2D eigenvalue weighted by molar-refractivity contribution is -0.143. The molecule has 5 nitrogen and oxygen atoms in total. The molecule has 1 atom stereocenters. The van der Waals surface area contributed by atoms with E-state index in [9.17, 15) is 9.59 Å². The Labute approximate surface area is 192 Å². The Morgan fingerprint density at radius 3 is 2.22 bits per heavy atom. The number of rotatable bonds is 9. The third-order valence-electron chi connectivity index (χ3n) is 6.12. The number of hydrogen-bond acceptors (Lipinski definition) is 3. The van der Waals surface area contributed by atoms with Crippen LogP contribution in [0.15, 0.2) is 42.5 Å². The number of benzene rings is 2. The van der Waals surface area contributed by atoms with Crippen LogP contribution in [0, 0.1) is 20.8 Å². The zero-order valence-electron chi connectivity index (χ0n) is 19.8. The molecule has 0 heterocycles. The van der Waals surface area contributed by atoms with Crippen molar-refractivity contribution in [3.8, 4) is 5.75 Å². The second kappa shape index (κ2) is 11.2. The fourth-order valence-corrected chi connectivity index (χ4v) is 4.42. The van der Waals surface area contributed by atoms with Crippen LogP contribution in [0.5, 0.6) is 5.75 Å². The predicted molar refractivity (Wildman–Crippen MR) is 128 cm³/mol. The minimum absolute atomic E-state index is 0.0636. The van der Waals surface area contributed by atoms with Crippen molar-refractivity contribution in [2.75, 3.05) is 6.61 Å². The van der Waals surface area contributed by atoms with Gasteiger partial charge in [0.25, 0.3) is 5.91 Å². The third-order valence-corrected chi connectivity index (χ3v) is 6.12. The number of carbonyl (C=O) groups excluding carboxylic acids is 2. The minimum Gasteiger partial charge on any atom is -0.484 e. The number of aryl methyl sites for hydroxylation is 3.